The van der Waals surface area contributed by atoms with E-state index in [9.17, 15) is 4.79 Å². The van der Waals surface area contributed by atoms with Crippen molar-refractivity contribution in [3.8, 4) is 11.4 Å². The molecule has 0 saturated carbocycles. The van der Waals surface area contributed by atoms with Crippen LogP contribution >= 0.6 is 11.3 Å². The van der Waals surface area contributed by atoms with Crippen molar-refractivity contribution in [2.24, 2.45) is 0 Å². The van der Waals surface area contributed by atoms with E-state index in [1.165, 1.54) is 4.88 Å². The first-order valence-electron chi connectivity index (χ1n) is 8.49. The van der Waals surface area contributed by atoms with Crippen molar-refractivity contribution in [1.82, 2.24) is 25.3 Å². The van der Waals surface area contributed by atoms with Crippen LogP contribution in [0.1, 0.15) is 16.5 Å². The van der Waals surface area contributed by atoms with Crippen molar-refractivity contribution in [2.75, 3.05) is 13.1 Å². The lowest BCUT2D eigenvalue weighted by molar-refractivity contribution is -0.129. The summed E-state index contributed by atoms with van der Waals surface area (Å²) in [7, 11) is 0. The highest BCUT2D eigenvalue weighted by atomic mass is 32.1. The molecule has 26 heavy (non-hydrogen) atoms. The van der Waals surface area contributed by atoms with E-state index in [2.05, 4.69) is 25.3 Å². The molecule has 8 heteroatoms. The second kappa shape index (κ2) is 7.35. The molecule has 1 aliphatic heterocycles. The third kappa shape index (κ3) is 3.51. The highest BCUT2D eigenvalue weighted by molar-refractivity contribution is 7.09. The van der Waals surface area contributed by atoms with Crippen molar-refractivity contribution in [3.05, 3.63) is 52.3 Å². The lowest BCUT2D eigenvalue weighted by atomic mass is 10.1. The fraction of sp³-hybridized carbons (Fsp3) is 0.333. The summed E-state index contributed by atoms with van der Waals surface area (Å²) < 4.78 is 5.40. The molecule has 1 unspecified atom stereocenters. The number of benzene rings is 1. The average molecular weight is 369 g/mol. The summed E-state index contributed by atoms with van der Waals surface area (Å²) >= 11 is 1.62. The van der Waals surface area contributed by atoms with Gasteiger partial charge in [-0.2, -0.15) is 4.98 Å². The Balaban J connectivity index is 1.52. The number of piperazine rings is 1. The SMILES string of the molecule is Cc1ncsc1CN1CCNC(=O)C1Cc1nc(-c2ccccc2)no1. The summed E-state index contributed by atoms with van der Waals surface area (Å²) in [6.07, 6.45) is 0.392. The molecule has 0 aliphatic carbocycles. The number of aryl methyl sites for hydroxylation is 1. The average Bonchev–Trinajstić information content (AvgIpc) is 3.28. The van der Waals surface area contributed by atoms with Crippen LogP contribution < -0.4 is 5.32 Å². The second-order valence-electron chi connectivity index (χ2n) is 6.22. The second-order valence-corrected chi connectivity index (χ2v) is 7.16. The fourth-order valence-corrected chi connectivity index (χ4v) is 3.85. The van der Waals surface area contributed by atoms with Gasteiger partial charge in [-0.05, 0) is 6.92 Å². The molecule has 4 rings (SSSR count). The van der Waals surface area contributed by atoms with Gasteiger partial charge in [0.25, 0.3) is 0 Å². The third-order valence-electron chi connectivity index (χ3n) is 4.50. The molecular formula is C18H19N5O2S. The number of nitrogens with one attached hydrogen (secondary N) is 1. The summed E-state index contributed by atoms with van der Waals surface area (Å²) in [5.74, 6) is 1.01. The Morgan fingerprint density at radius 1 is 1.35 bits per heavy atom. The summed E-state index contributed by atoms with van der Waals surface area (Å²) in [4.78, 5) is 24.5. The van der Waals surface area contributed by atoms with Gasteiger partial charge in [0.1, 0.15) is 0 Å². The van der Waals surface area contributed by atoms with Crippen molar-refractivity contribution in [3.63, 3.8) is 0 Å². The van der Waals surface area contributed by atoms with Crippen molar-refractivity contribution in [2.45, 2.75) is 25.9 Å². The number of carbonyl (C=O) groups is 1. The number of hydrogen-bond acceptors (Lipinski definition) is 7. The maximum Gasteiger partial charge on any atom is 0.237 e. The highest BCUT2D eigenvalue weighted by Gasteiger charge is 2.32. The van der Waals surface area contributed by atoms with E-state index in [0.29, 0.717) is 31.2 Å². The van der Waals surface area contributed by atoms with Gasteiger partial charge in [-0.1, -0.05) is 35.5 Å². The standard InChI is InChI=1S/C18H19N5O2S/c1-12-15(26-11-20-12)10-23-8-7-19-18(24)14(23)9-16-21-17(22-25-16)13-5-3-2-4-6-13/h2-6,11,14H,7-10H2,1H3,(H,19,24). The van der Waals surface area contributed by atoms with E-state index < -0.39 is 0 Å². The van der Waals surface area contributed by atoms with E-state index in [0.717, 1.165) is 17.8 Å². The quantitative estimate of drug-likeness (QED) is 0.741. The van der Waals surface area contributed by atoms with Crippen molar-refractivity contribution >= 4 is 17.2 Å². The Kier molecular flexibility index (Phi) is 4.77. The minimum Gasteiger partial charge on any atom is -0.353 e. The van der Waals surface area contributed by atoms with Crippen LogP contribution in [-0.2, 0) is 17.8 Å². The van der Waals surface area contributed by atoms with Gasteiger partial charge in [0.15, 0.2) is 0 Å². The number of amides is 1. The zero-order chi connectivity index (χ0) is 17.9. The summed E-state index contributed by atoms with van der Waals surface area (Å²) in [5.41, 5.74) is 3.75. The molecule has 0 spiro atoms. The van der Waals surface area contributed by atoms with E-state index in [-0.39, 0.29) is 11.9 Å². The van der Waals surface area contributed by atoms with Crippen LogP contribution in [0.2, 0.25) is 0 Å². The van der Waals surface area contributed by atoms with Gasteiger partial charge < -0.3 is 9.84 Å². The van der Waals surface area contributed by atoms with E-state index in [1.54, 1.807) is 11.3 Å². The molecule has 3 heterocycles. The molecule has 1 aromatic carbocycles. The Bertz CT molecular complexity index is 892. The van der Waals surface area contributed by atoms with Gasteiger partial charge in [-0.15, -0.1) is 11.3 Å². The monoisotopic (exact) mass is 369 g/mol. The number of rotatable bonds is 5. The zero-order valence-electron chi connectivity index (χ0n) is 14.4. The van der Waals surface area contributed by atoms with Crippen LogP contribution in [0, 0.1) is 6.92 Å². The topological polar surface area (TPSA) is 84.2 Å². The van der Waals surface area contributed by atoms with Crippen LogP contribution in [0.5, 0.6) is 0 Å². The maximum atomic E-state index is 12.4. The molecule has 1 saturated heterocycles. The predicted molar refractivity (Wildman–Crippen MR) is 97.5 cm³/mol. The van der Waals surface area contributed by atoms with E-state index in [1.807, 2.05) is 42.8 Å². The predicted octanol–water partition coefficient (Wildman–Crippen LogP) is 2.04. The molecule has 134 valence electrons. The minimum absolute atomic E-state index is 0.00196. The molecule has 1 N–H and O–H groups in total. The Labute approximate surface area is 155 Å². The Hall–Kier alpha value is -2.58. The van der Waals surface area contributed by atoms with Crippen molar-refractivity contribution < 1.29 is 9.32 Å². The smallest absolute Gasteiger partial charge is 0.237 e. The lowest BCUT2D eigenvalue weighted by Gasteiger charge is -2.34. The number of hydrogen-bond donors (Lipinski definition) is 1. The van der Waals surface area contributed by atoms with Crippen LogP contribution in [0.15, 0.2) is 40.4 Å². The summed E-state index contributed by atoms with van der Waals surface area (Å²) in [6.45, 7) is 4.13. The first-order chi connectivity index (χ1) is 12.7. The summed E-state index contributed by atoms with van der Waals surface area (Å²) in [6, 6.07) is 9.34. The number of thiazole rings is 1. The van der Waals surface area contributed by atoms with E-state index in [4.69, 9.17) is 4.52 Å². The van der Waals surface area contributed by atoms with Crippen molar-refractivity contribution in [1.29, 1.82) is 0 Å². The molecule has 1 fully saturated rings. The lowest BCUT2D eigenvalue weighted by Crippen LogP contribution is -2.55. The van der Waals surface area contributed by atoms with Crippen LogP contribution in [0.25, 0.3) is 11.4 Å². The van der Waals surface area contributed by atoms with Gasteiger partial charge in [-0.25, -0.2) is 4.98 Å². The summed E-state index contributed by atoms with van der Waals surface area (Å²) in [5, 5.41) is 6.98. The molecule has 2 aromatic heterocycles. The first kappa shape index (κ1) is 16.9. The zero-order valence-corrected chi connectivity index (χ0v) is 15.2. The largest absolute Gasteiger partial charge is 0.353 e. The molecule has 1 aliphatic rings. The Morgan fingerprint density at radius 2 is 2.19 bits per heavy atom. The first-order valence-corrected chi connectivity index (χ1v) is 9.37. The number of nitrogens with zero attached hydrogens (tertiary/aromatic N) is 4. The molecular weight excluding hydrogens is 350 g/mol. The number of carbonyl (C=O) groups excluding carboxylic acids is 1. The van der Waals surface area contributed by atoms with E-state index >= 15 is 0 Å². The van der Waals surface area contributed by atoms with Gasteiger partial charge in [0, 0.05) is 30.1 Å². The van der Waals surface area contributed by atoms with Gasteiger partial charge in [0.05, 0.1) is 23.7 Å². The molecule has 1 atom stereocenters. The normalized spacial score (nSPS) is 18.0. The fourth-order valence-electron chi connectivity index (χ4n) is 3.04. The Morgan fingerprint density at radius 3 is 2.96 bits per heavy atom. The number of aromatic nitrogens is 3. The molecule has 3 aromatic rings. The van der Waals surface area contributed by atoms with Crippen LogP contribution in [-0.4, -0.2) is 45.1 Å². The minimum atomic E-state index is -0.325. The molecule has 7 nitrogen and oxygen atoms in total. The maximum absolute atomic E-state index is 12.4. The molecule has 1 amide bonds. The highest BCUT2D eigenvalue weighted by Crippen LogP contribution is 2.21. The third-order valence-corrected chi connectivity index (χ3v) is 5.42. The van der Waals surface area contributed by atoms with Crippen LogP contribution in [0.4, 0.5) is 0 Å². The van der Waals surface area contributed by atoms with Crippen LogP contribution in [0.3, 0.4) is 0 Å². The van der Waals surface area contributed by atoms with Gasteiger partial charge in [0.2, 0.25) is 17.6 Å². The molecule has 0 bridgehead atoms. The van der Waals surface area contributed by atoms with Gasteiger partial charge >= 0.3 is 0 Å². The molecule has 0 radical (unpaired) electrons. The van der Waals surface area contributed by atoms with Gasteiger partial charge in [-0.3, -0.25) is 9.69 Å².